The molecule has 0 aromatic rings. The monoisotopic (exact) mass is 327 g/mol. The third-order valence-electron chi connectivity index (χ3n) is 9.96. The van der Waals surface area contributed by atoms with Crippen LogP contribution in [-0.4, -0.2) is 51.7 Å². The van der Waals surface area contributed by atoms with Gasteiger partial charge in [0.25, 0.3) is 0 Å². The first-order chi connectivity index (χ1) is 11.4. The first-order valence-corrected chi connectivity index (χ1v) is 9.66. The largest absolute Gasteiger partial charge is 0.392 e. The number of aliphatic hydroxyl groups is 2. The summed E-state index contributed by atoms with van der Waals surface area (Å²) < 4.78 is 0. The van der Waals surface area contributed by atoms with E-state index in [4.69, 9.17) is 0 Å². The van der Waals surface area contributed by atoms with Gasteiger partial charge in [-0.25, -0.2) is 0 Å². The first kappa shape index (κ1) is 13.5. The predicted octanol–water partition coefficient (Wildman–Crippen LogP) is 0.972. The number of hydrogen-bond acceptors (Lipinski definition) is 4. The number of carbonyl (C=O) groups excluding carboxylic acids is 1. The van der Waals surface area contributed by atoms with Gasteiger partial charge in [0.05, 0.1) is 12.2 Å². The second kappa shape index (κ2) is 3.30. The average Bonchev–Trinajstić information content (AvgIpc) is 2.88. The molecule has 4 nitrogen and oxygen atoms in total. The standard InChI is InChI=1S/C20H25NO3/c1-8-3-19-6-10-15-18(2)4-9(22)5-20(15)16(19)14(24)11(8)13(23)12(19)17(20)21(10)7-18/h10-17,23-24H,1,3-7H2,2H3/t10-,11-,12+,13-,14+,15+,16+,17+,18-,19-,20-/m0/s1. The molecule has 1 unspecified atom stereocenters. The molecule has 128 valence electrons. The van der Waals surface area contributed by atoms with E-state index in [1.807, 2.05) is 0 Å². The maximum Gasteiger partial charge on any atom is 0.134 e. The van der Waals surface area contributed by atoms with Crippen molar-refractivity contribution in [2.24, 2.45) is 39.9 Å². The van der Waals surface area contributed by atoms with E-state index < -0.39 is 12.2 Å². The summed E-state index contributed by atoms with van der Waals surface area (Å²) in [5.41, 5.74) is 1.10. The fourth-order valence-electron chi connectivity index (χ4n) is 10.4. The summed E-state index contributed by atoms with van der Waals surface area (Å²) in [4.78, 5) is 15.5. The number of carbonyl (C=O) groups is 1. The molecule has 9 rings (SSSR count). The highest BCUT2D eigenvalue weighted by molar-refractivity contribution is 5.82. The van der Waals surface area contributed by atoms with Crippen molar-refractivity contribution in [1.29, 1.82) is 0 Å². The summed E-state index contributed by atoms with van der Waals surface area (Å²) in [7, 11) is 0. The number of Topliss-reactive ketones (excluding diaryl/α,β-unsaturated/α-hetero) is 1. The summed E-state index contributed by atoms with van der Waals surface area (Å²) in [5.74, 6) is 1.23. The van der Waals surface area contributed by atoms with E-state index in [1.54, 1.807) is 0 Å². The summed E-state index contributed by atoms with van der Waals surface area (Å²) in [5, 5.41) is 22.5. The Morgan fingerprint density at radius 2 is 1.96 bits per heavy atom. The molecule has 9 fully saturated rings. The van der Waals surface area contributed by atoms with Crippen molar-refractivity contribution in [3.8, 4) is 0 Å². The molecule has 0 amide bonds. The van der Waals surface area contributed by atoms with E-state index in [0.29, 0.717) is 30.2 Å². The topological polar surface area (TPSA) is 60.8 Å². The SMILES string of the molecule is C=C1C[C@@]23C[C@H]4[C@@H]5[C@@]6(C)CC(=O)C[C@@]57[C@@H]2[C@H](O)[C@@H]1[C@H](O)[C@@H]3[C@H]7N4C6. The number of aliphatic hydroxyl groups excluding tert-OH is 2. The molecule has 2 N–H and O–H groups in total. The zero-order valence-corrected chi connectivity index (χ0v) is 14.1. The van der Waals surface area contributed by atoms with Crippen molar-refractivity contribution in [1.82, 2.24) is 4.90 Å². The molecule has 6 saturated carbocycles. The quantitative estimate of drug-likeness (QED) is 0.651. The second-order valence-corrected chi connectivity index (χ2v) is 10.6. The van der Waals surface area contributed by atoms with Gasteiger partial charge >= 0.3 is 0 Å². The zero-order chi connectivity index (χ0) is 16.4. The lowest BCUT2D eigenvalue weighted by Crippen LogP contribution is -2.67. The molecular formula is C20H25NO3. The van der Waals surface area contributed by atoms with Gasteiger partial charge in [-0.3, -0.25) is 9.69 Å². The van der Waals surface area contributed by atoms with Crippen molar-refractivity contribution in [3.05, 3.63) is 12.2 Å². The highest BCUT2D eigenvalue weighted by Gasteiger charge is 2.90. The van der Waals surface area contributed by atoms with Gasteiger partial charge in [-0.15, -0.1) is 0 Å². The smallest absolute Gasteiger partial charge is 0.134 e. The molecule has 4 heteroatoms. The minimum Gasteiger partial charge on any atom is -0.392 e. The van der Waals surface area contributed by atoms with E-state index in [-0.39, 0.29) is 34.0 Å². The molecule has 0 aromatic carbocycles. The summed E-state index contributed by atoms with van der Waals surface area (Å²) >= 11 is 0. The van der Waals surface area contributed by atoms with Crippen LogP contribution in [-0.2, 0) is 4.79 Å². The minimum atomic E-state index is -0.501. The maximum atomic E-state index is 12.8. The molecular weight excluding hydrogens is 302 g/mol. The van der Waals surface area contributed by atoms with E-state index in [2.05, 4.69) is 18.4 Å². The third kappa shape index (κ3) is 0.945. The van der Waals surface area contributed by atoms with Crippen molar-refractivity contribution in [2.75, 3.05) is 6.54 Å². The van der Waals surface area contributed by atoms with Gasteiger partial charge in [0.1, 0.15) is 5.78 Å². The van der Waals surface area contributed by atoms with Crippen molar-refractivity contribution in [2.45, 2.75) is 56.9 Å². The van der Waals surface area contributed by atoms with E-state index in [0.717, 1.165) is 31.4 Å². The molecule has 2 spiro atoms. The number of rotatable bonds is 0. The molecule has 3 heterocycles. The molecule has 12 atom stereocenters. The number of fused-ring (bicyclic) bond motifs is 1. The molecule has 9 aliphatic rings. The van der Waals surface area contributed by atoms with Gasteiger partial charge in [0.2, 0.25) is 0 Å². The van der Waals surface area contributed by atoms with Crippen LogP contribution in [0.3, 0.4) is 0 Å². The molecule has 3 aliphatic heterocycles. The van der Waals surface area contributed by atoms with Gasteiger partial charge < -0.3 is 10.2 Å². The average molecular weight is 327 g/mol. The fraction of sp³-hybridized carbons (Fsp3) is 0.850. The van der Waals surface area contributed by atoms with Gasteiger partial charge in [0, 0.05) is 48.7 Å². The summed E-state index contributed by atoms with van der Waals surface area (Å²) in [6.45, 7) is 7.58. The Bertz CT molecular complexity index is 749. The van der Waals surface area contributed by atoms with Gasteiger partial charge in [0.15, 0.2) is 0 Å². The van der Waals surface area contributed by atoms with Crippen LogP contribution in [0.2, 0.25) is 0 Å². The molecule has 0 aromatic heterocycles. The van der Waals surface area contributed by atoms with E-state index in [1.165, 1.54) is 0 Å². The Hall–Kier alpha value is -0.710. The van der Waals surface area contributed by atoms with Gasteiger partial charge in [-0.1, -0.05) is 19.1 Å². The summed E-state index contributed by atoms with van der Waals surface area (Å²) in [6, 6.07) is 0.897. The lowest BCUT2D eigenvalue weighted by molar-refractivity contribution is -0.207. The van der Waals surface area contributed by atoms with Crippen LogP contribution in [0.4, 0.5) is 0 Å². The third-order valence-corrected chi connectivity index (χ3v) is 9.96. The van der Waals surface area contributed by atoms with Crippen LogP contribution in [0.25, 0.3) is 0 Å². The van der Waals surface area contributed by atoms with Crippen molar-refractivity contribution >= 4 is 5.78 Å². The number of nitrogens with zero attached hydrogens (tertiary/aromatic N) is 1. The first-order valence-electron chi connectivity index (χ1n) is 9.66. The van der Waals surface area contributed by atoms with Crippen molar-refractivity contribution < 1.29 is 15.0 Å². The number of ketones is 1. The normalized spacial score (nSPS) is 73.0. The molecule has 0 radical (unpaired) electrons. The number of piperidine rings is 2. The van der Waals surface area contributed by atoms with Crippen LogP contribution in [0, 0.1) is 39.9 Å². The Morgan fingerprint density at radius 3 is 2.75 bits per heavy atom. The van der Waals surface area contributed by atoms with Crippen LogP contribution in [0.5, 0.6) is 0 Å². The summed E-state index contributed by atoms with van der Waals surface area (Å²) in [6.07, 6.45) is 2.48. The highest BCUT2D eigenvalue weighted by atomic mass is 16.3. The van der Waals surface area contributed by atoms with E-state index in [9.17, 15) is 15.0 Å². The fourth-order valence-corrected chi connectivity index (χ4v) is 10.4. The Labute approximate surface area is 141 Å². The molecule has 24 heavy (non-hydrogen) atoms. The Balaban J connectivity index is 1.55. The predicted molar refractivity (Wildman–Crippen MR) is 85.8 cm³/mol. The van der Waals surface area contributed by atoms with Crippen LogP contribution in [0.15, 0.2) is 12.2 Å². The zero-order valence-electron chi connectivity index (χ0n) is 14.1. The van der Waals surface area contributed by atoms with Crippen LogP contribution < -0.4 is 0 Å². The Morgan fingerprint density at radius 1 is 1.17 bits per heavy atom. The Kier molecular flexibility index (Phi) is 1.86. The molecule has 6 aliphatic carbocycles. The van der Waals surface area contributed by atoms with Crippen LogP contribution in [0.1, 0.15) is 32.6 Å². The van der Waals surface area contributed by atoms with Gasteiger partial charge in [-0.05, 0) is 35.5 Å². The maximum absolute atomic E-state index is 12.8. The second-order valence-electron chi connectivity index (χ2n) is 10.6. The van der Waals surface area contributed by atoms with Crippen molar-refractivity contribution in [3.63, 3.8) is 0 Å². The van der Waals surface area contributed by atoms with Gasteiger partial charge in [-0.2, -0.15) is 0 Å². The molecule has 3 saturated heterocycles. The molecule has 9 bridgehead atoms. The van der Waals surface area contributed by atoms with E-state index >= 15 is 0 Å². The lowest BCUT2D eigenvalue weighted by atomic mass is 9.40. The number of hydrogen-bond donors (Lipinski definition) is 2. The van der Waals surface area contributed by atoms with Crippen LogP contribution >= 0.6 is 0 Å². The highest BCUT2D eigenvalue weighted by Crippen LogP contribution is 2.86. The lowest BCUT2D eigenvalue weighted by Gasteiger charge is -2.65. The minimum absolute atomic E-state index is 0.00979.